The average Bonchev–Trinajstić information content (AvgIpc) is 3.08. The molecule has 1 N–H and O–H groups in total. The Morgan fingerprint density at radius 2 is 1.84 bits per heavy atom. The highest BCUT2D eigenvalue weighted by molar-refractivity contribution is 6.04. The van der Waals surface area contributed by atoms with Gasteiger partial charge in [-0.2, -0.15) is 13.2 Å². The molecule has 0 aliphatic heterocycles. The zero-order valence-corrected chi connectivity index (χ0v) is 16.3. The van der Waals surface area contributed by atoms with Crippen LogP contribution in [0.25, 0.3) is 5.65 Å². The number of nitrogens with one attached hydrogen (secondary N) is 1. The Hall–Kier alpha value is -3.04. The number of carbonyl (C=O) groups is 1. The summed E-state index contributed by atoms with van der Waals surface area (Å²) in [6, 6.07) is 5.85. The molecule has 1 amide bonds. The predicted octanol–water partition coefficient (Wildman–Crippen LogP) is 5.37. The van der Waals surface area contributed by atoms with Gasteiger partial charge >= 0.3 is 6.18 Å². The van der Waals surface area contributed by atoms with Crippen molar-refractivity contribution in [3.63, 3.8) is 0 Å². The van der Waals surface area contributed by atoms with Gasteiger partial charge in [0, 0.05) is 42.7 Å². The maximum Gasteiger partial charge on any atom is 0.435 e. The maximum atomic E-state index is 13.6. The fraction of sp³-hybridized carbons (Fsp3) is 0.381. The van der Waals surface area contributed by atoms with Gasteiger partial charge in [-0.3, -0.25) is 9.78 Å². The molecular formula is C21H19F5N4O. The summed E-state index contributed by atoms with van der Waals surface area (Å²) in [6.45, 7) is 0. The molecule has 1 aliphatic carbocycles. The number of hydrogen-bond donors (Lipinski definition) is 1. The van der Waals surface area contributed by atoms with Gasteiger partial charge in [0.25, 0.3) is 5.91 Å². The molecule has 0 atom stereocenters. The van der Waals surface area contributed by atoms with E-state index < -0.39 is 23.7 Å². The second-order valence-electron chi connectivity index (χ2n) is 7.74. The van der Waals surface area contributed by atoms with Crippen molar-refractivity contribution in [2.45, 2.75) is 44.2 Å². The molecule has 3 heterocycles. The molecule has 31 heavy (non-hydrogen) atoms. The van der Waals surface area contributed by atoms with Crippen molar-refractivity contribution in [2.75, 3.05) is 5.32 Å². The second-order valence-corrected chi connectivity index (χ2v) is 7.74. The van der Waals surface area contributed by atoms with Gasteiger partial charge in [-0.1, -0.05) is 0 Å². The number of hydrogen-bond acceptors (Lipinski definition) is 3. The van der Waals surface area contributed by atoms with Crippen LogP contribution in [0.1, 0.15) is 47.4 Å². The SMILES string of the molecule is O=C(Nc1ccncc1)c1ccn2c(CC3CCC(F)(F)CC3)c(C(F)(F)F)nc2c1. The van der Waals surface area contributed by atoms with Crippen LogP contribution in [-0.4, -0.2) is 26.2 Å². The first-order valence-electron chi connectivity index (χ1n) is 9.80. The van der Waals surface area contributed by atoms with Crippen LogP contribution in [-0.2, 0) is 12.6 Å². The minimum atomic E-state index is -4.70. The van der Waals surface area contributed by atoms with Crippen molar-refractivity contribution in [3.8, 4) is 0 Å². The van der Waals surface area contributed by atoms with Gasteiger partial charge in [-0.05, 0) is 49.4 Å². The van der Waals surface area contributed by atoms with Crippen molar-refractivity contribution in [3.05, 3.63) is 59.8 Å². The summed E-state index contributed by atoms with van der Waals surface area (Å²) in [6.07, 6.45) is -0.676. The van der Waals surface area contributed by atoms with Gasteiger partial charge in [0.05, 0.1) is 5.69 Å². The molecule has 0 saturated heterocycles. The monoisotopic (exact) mass is 438 g/mol. The summed E-state index contributed by atoms with van der Waals surface area (Å²) in [5.41, 5.74) is -0.498. The minimum absolute atomic E-state index is 0.00531. The van der Waals surface area contributed by atoms with Crippen LogP contribution in [0.4, 0.5) is 27.6 Å². The van der Waals surface area contributed by atoms with E-state index in [1.165, 1.54) is 35.1 Å². The van der Waals surface area contributed by atoms with Crippen molar-refractivity contribution < 1.29 is 26.7 Å². The highest BCUT2D eigenvalue weighted by Gasteiger charge is 2.40. The summed E-state index contributed by atoms with van der Waals surface area (Å²) in [5, 5.41) is 2.64. The number of pyridine rings is 2. The Labute approximate surface area is 174 Å². The van der Waals surface area contributed by atoms with Gasteiger partial charge in [-0.15, -0.1) is 0 Å². The first-order chi connectivity index (χ1) is 14.6. The fourth-order valence-corrected chi connectivity index (χ4v) is 3.87. The number of aromatic nitrogens is 3. The van der Waals surface area contributed by atoms with Gasteiger partial charge in [0.2, 0.25) is 5.92 Å². The van der Waals surface area contributed by atoms with Crippen LogP contribution < -0.4 is 5.32 Å². The molecule has 0 spiro atoms. The molecule has 0 bridgehead atoms. The smallest absolute Gasteiger partial charge is 0.322 e. The average molecular weight is 438 g/mol. The van der Waals surface area contributed by atoms with E-state index in [4.69, 9.17) is 0 Å². The van der Waals surface area contributed by atoms with E-state index in [1.807, 2.05) is 0 Å². The molecule has 0 aromatic carbocycles. The molecule has 5 nitrogen and oxygen atoms in total. The Balaban J connectivity index is 1.63. The number of amides is 1. The number of rotatable bonds is 4. The highest BCUT2D eigenvalue weighted by Crippen LogP contribution is 2.39. The van der Waals surface area contributed by atoms with Gasteiger partial charge in [-0.25, -0.2) is 13.8 Å². The molecule has 1 aliphatic rings. The lowest BCUT2D eigenvalue weighted by Gasteiger charge is -2.28. The zero-order valence-electron chi connectivity index (χ0n) is 16.3. The van der Waals surface area contributed by atoms with Crippen LogP contribution >= 0.6 is 0 Å². The number of alkyl halides is 5. The largest absolute Gasteiger partial charge is 0.435 e. The molecule has 3 aromatic heterocycles. The highest BCUT2D eigenvalue weighted by atomic mass is 19.4. The lowest BCUT2D eigenvalue weighted by atomic mass is 9.83. The third-order valence-corrected chi connectivity index (χ3v) is 5.51. The van der Waals surface area contributed by atoms with Gasteiger partial charge in [0.1, 0.15) is 5.65 Å². The van der Waals surface area contributed by atoms with E-state index in [2.05, 4.69) is 15.3 Å². The predicted molar refractivity (Wildman–Crippen MR) is 103 cm³/mol. The van der Waals surface area contributed by atoms with E-state index in [0.717, 1.165) is 0 Å². The van der Waals surface area contributed by atoms with Crippen molar-refractivity contribution >= 4 is 17.2 Å². The van der Waals surface area contributed by atoms with Gasteiger partial charge < -0.3 is 9.72 Å². The Morgan fingerprint density at radius 3 is 2.48 bits per heavy atom. The molecule has 0 radical (unpaired) electrons. The number of anilines is 1. The Kier molecular flexibility index (Phi) is 5.40. The van der Waals surface area contributed by atoms with E-state index in [9.17, 15) is 26.7 Å². The number of nitrogens with zero attached hydrogens (tertiary/aromatic N) is 3. The molecular weight excluding hydrogens is 419 g/mol. The number of fused-ring (bicyclic) bond motifs is 1. The van der Waals surface area contributed by atoms with Crippen LogP contribution in [0.15, 0.2) is 42.9 Å². The molecule has 4 rings (SSSR count). The molecule has 0 unspecified atom stereocenters. The van der Waals surface area contributed by atoms with Crippen molar-refractivity contribution in [2.24, 2.45) is 5.92 Å². The van der Waals surface area contributed by atoms with E-state index >= 15 is 0 Å². The Morgan fingerprint density at radius 1 is 1.16 bits per heavy atom. The Bertz CT molecular complexity index is 1080. The summed E-state index contributed by atoms with van der Waals surface area (Å²) < 4.78 is 69.0. The summed E-state index contributed by atoms with van der Waals surface area (Å²) in [4.78, 5) is 20.0. The topological polar surface area (TPSA) is 59.3 Å². The maximum absolute atomic E-state index is 13.6. The number of halogens is 5. The lowest BCUT2D eigenvalue weighted by Crippen LogP contribution is -2.26. The molecule has 3 aromatic rings. The number of carbonyl (C=O) groups excluding carboxylic acids is 1. The minimum Gasteiger partial charge on any atom is -0.322 e. The standard InChI is InChI=1S/C21H19F5N4O/c22-20(23)6-1-13(2-7-20)11-16-18(21(24,25)26)29-17-12-14(5-10-30(16)17)19(31)28-15-3-8-27-9-4-15/h3-5,8-10,12-13H,1-2,6-7,11H2,(H,27,28,31). The fourth-order valence-electron chi connectivity index (χ4n) is 3.87. The number of imidazole rings is 1. The van der Waals surface area contributed by atoms with Crippen LogP contribution in [0.3, 0.4) is 0 Å². The van der Waals surface area contributed by atoms with Crippen LogP contribution in [0.5, 0.6) is 0 Å². The second kappa shape index (κ2) is 7.90. The van der Waals surface area contributed by atoms with Crippen molar-refractivity contribution in [1.82, 2.24) is 14.4 Å². The van der Waals surface area contributed by atoms with E-state index in [-0.39, 0.29) is 54.9 Å². The third-order valence-electron chi connectivity index (χ3n) is 5.51. The molecule has 1 fully saturated rings. The quantitative estimate of drug-likeness (QED) is 0.558. The lowest BCUT2D eigenvalue weighted by molar-refractivity contribution is -0.141. The van der Waals surface area contributed by atoms with Crippen LogP contribution in [0.2, 0.25) is 0 Å². The summed E-state index contributed by atoms with van der Waals surface area (Å²) in [7, 11) is 0. The first-order valence-corrected chi connectivity index (χ1v) is 9.80. The summed E-state index contributed by atoms with van der Waals surface area (Å²) >= 11 is 0. The van der Waals surface area contributed by atoms with Crippen molar-refractivity contribution in [1.29, 1.82) is 0 Å². The molecule has 1 saturated carbocycles. The van der Waals surface area contributed by atoms with Crippen LogP contribution in [0, 0.1) is 5.92 Å². The third kappa shape index (κ3) is 4.67. The van der Waals surface area contributed by atoms with E-state index in [1.54, 1.807) is 12.1 Å². The first kappa shape index (κ1) is 21.2. The summed E-state index contributed by atoms with van der Waals surface area (Å²) in [5.74, 6) is -3.53. The zero-order chi connectivity index (χ0) is 22.2. The molecule has 164 valence electrons. The molecule has 10 heteroatoms. The van der Waals surface area contributed by atoms with E-state index in [0.29, 0.717) is 5.69 Å². The normalized spacial score (nSPS) is 17.1. The van der Waals surface area contributed by atoms with Gasteiger partial charge in [0.15, 0.2) is 5.69 Å².